The summed E-state index contributed by atoms with van der Waals surface area (Å²) in [5.41, 5.74) is 7.19. The number of fused-ring (bicyclic) bond motifs is 6. The van der Waals surface area contributed by atoms with Crippen molar-refractivity contribution in [3.05, 3.63) is 90.1 Å². The topological polar surface area (TPSA) is 27.3 Å². The minimum absolute atomic E-state index is 0.346. The van der Waals surface area contributed by atoms with Crippen LogP contribution in [0.15, 0.2) is 84.5 Å². The van der Waals surface area contributed by atoms with Gasteiger partial charge in [0.15, 0.2) is 12.2 Å². The van der Waals surface area contributed by atoms with Crippen LogP contribution in [0.1, 0.15) is 50.1 Å². The summed E-state index contributed by atoms with van der Waals surface area (Å²) in [6.45, 7) is 6.44. The minimum Gasteiger partial charge on any atom is -0.515 e. The molecule has 2 unspecified atom stereocenters. The second-order valence-corrected chi connectivity index (χ2v) is 7.80. The van der Waals surface area contributed by atoms with Gasteiger partial charge in [0.2, 0.25) is 5.69 Å². The van der Waals surface area contributed by atoms with Gasteiger partial charge >= 0.3 is 0 Å². The Hall–Kier alpha value is -2.81. The Kier molecular flexibility index (Phi) is 5.08. The van der Waals surface area contributed by atoms with Crippen LogP contribution < -0.4 is 4.57 Å². The van der Waals surface area contributed by atoms with E-state index in [1.54, 1.807) is 0 Å². The first-order chi connectivity index (χ1) is 13.7. The van der Waals surface area contributed by atoms with Crippen LogP contribution in [0.4, 0.5) is 0 Å². The van der Waals surface area contributed by atoms with Crippen LogP contribution in [-0.4, -0.2) is 17.1 Å². The Morgan fingerprint density at radius 2 is 1.96 bits per heavy atom. The van der Waals surface area contributed by atoms with Gasteiger partial charge in [-0.25, -0.2) is 0 Å². The quantitative estimate of drug-likeness (QED) is 0.478. The number of aromatic nitrogens is 1. The number of aliphatic hydroxyl groups excluding tert-OH is 1. The standard InChI is InChI=1S/C25H28N2O/c1-4-23-19(17-28)10-9-13-22-20-11-5-6-12-21(20)24-14-7-8-15-27(24)25(22)16-18(2)26(23)3/h4-8,11-12,14-15,17,22,25H,2,9-10,13,16H2,1,3H3/p+1/b19-17-,23-4-. The van der Waals surface area contributed by atoms with Crippen molar-refractivity contribution >= 4 is 0 Å². The number of benzene rings is 1. The number of hydrogen-bond acceptors (Lipinski definition) is 2. The fourth-order valence-corrected chi connectivity index (χ4v) is 4.93. The Balaban J connectivity index is 1.82. The van der Waals surface area contributed by atoms with E-state index < -0.39 is 0 Å². The van der Waals surface area contributed by atoms with E-state index in [0.29, 0.717) is 12.0 Å². The molecule has 0 spiro atoms. The normalized spacial score (nSPS) is 25.2. The summed E-state index contributed by atoms with van der Waals surface area (Å²) in [6.07, 6.45) is 9.45. The van der Waals surface area contributed by atoms with E-state index in [4.69, 9.17) is 0 Å². The summed E-state index contributed by atoms with van der Waals surface area (Å²) in [6, 6.07) is 15.7. The average Bonchev–Trinajstić information content (AvgIpc) is 2.74. The van der Waals surface area contributed by atoms with Gasteiger partial charge in [-0.2, -0.15) is 4.57 Å². The lowest BCUT2D eigenvalue weighted by Gasteiger charge is -2.35. The number of hydrogen-bond donors (Lipinski definition) is 1. The number of aliphatic hydroxyl groups is 1. The summed E-state index contributed by atoms with van der Waals surface area (Å²) in [5, 5.41) is 9.83. The molecule has 0 amide bonds. The fourth-order valence-electron chi connectivity index (χ4n) is 4.93. The van der Waals surface area contributed by atoms with E-state index in [1.807, 2.05) is 6.92 Å². The monoisotopic (exact) mass is 373 g/mol. The van der Waals surface area contributed by atoms with Gasteiger partial charge in [0.05, 0.1) is 12.7 Å². The Morgan fingerprint density at radius 3 is 2.75 bits per heavy atom. The molecule has 3 nitrogen and oxygen atoms in total. The number of pyridine rings is 1. The van der Waals surface area contributed by atoms with Crippen molar-refractivity contribution in [1.29, 1.82) is 0 Å². The average molecular weight is 374 g/mol. The van der Waals surface area contributed by atoms with Crippen molar-refractivity contribution < 1.29 is 9.67 Å². The zero-order valence-corrected chi connectivity index (χ0v) is 16.8. The van der Waals surface area contributed by atoms with Crippen LogP contribution >= 0.6 is 0 Å². The maximum atomic E-state index is 9.83. The SMILES string of the molecule is C=C1CC2C(CCCC(=C/O)/C(=C/C)N1C)c1ccccc1-c1cccc[n+]12. The summed E-state index contributed by atoms with van der Waals surface area (Å²) in [7, 11) is 2.06. The highest BCUT2D eigenvalue weighted by molar-refractivity contribution is 5.63. The molecule has 0 saturated carbocycles. The molecule has 1 aromatic carbocycles. The van der Waals surface area contributed by atoms with E-state index in [1.165, 1.54) is 23.1 Å². The van der Waals surface area contributed by atoms with Gasteiger partial charge < -0.3 is 10.0 Å². The first kappa shape index (κ1) is 18.5. The summed E-state index contributed by atoms with van der Waals surface area (Å²) in [5.74, 6) is 0.438. The van der Waals surface area contributed by atoms with E-state index in [2.05, 4.69) is 77.8 Å². The Morgan fingerprint density at radius 1 is 1.18 bits per heavy atom. The van der Waals surface area contributed by atoms with Crippen molar-refractivity contribution in [2.45, 2.75) is 44.6 Å². The summed E-state index contributed by atoms with van der Waals surface area (Å²) < 4.78 is 2.45. The van der Waals surface area contributed by atoms with Crippen LogP contribution in [0.3, 0.4) is 0 Å². The van der Waals surface area contributed by atoms with Gasteiger partial charge in [0.1, 0.15) is 0 Å². The molecule has 1 aromatic heterocycles. The Bertz CT molecular complexity index is 957. The maximum absolute atomic E-state index is 9.83. The molecule has 1 fully saturated rings. The molecule has 3 heterocycles. The molecule has 2 atom stereocenters. The van der Waals surface area contributed by atoms with Crippen LogP contribution in [-0.2, 0) is 0 Å². The summed E-state index contributed by atoms with van der Waals surface area (Å²) in [4.78, 5) is 2.15. The van der Waals surface area contributed by atoms with E-state index in [9.17, 15) is 5.11 Å². The van der Waals surface area contributed by atoms with Gasteiger partial charge in [0, 0.05) is 47.6 Å². The molecule has 2 aromatic rings. The molecule has 0 radical (unpaired) electrons. The zero-order valence-electron chi connectivity index (χ0n) is 16.8. The van der Waals surface area contributed by atoms with E-state index >= 15 is 0 Å². The predicted octanol–water partition coefficient (Wildman–Crippen LogP) is 5.64. The van der Waals surface area contributed by atoms with E-state index in [-0.39, 0.29) is 0 Å². The van der Waals surface area contributed by atoms with Crippen molar-refractivity contribution in [2.24, 2.45) is 0 Å². The van der Waals surface area contributed by atoms with Crippen molar-refractivity contribution in [1.82, 2.24) is 4.90 Å². The van der Waals surface area contributed by atoms with Gasteiger partial charge in [-0.1, -0.05) is 30.9 Å². The molecule has 4 rings (SSSR count). The molecule has 144 valence electrons. The molecule has 28 heavy (non-hydrogen) atoms. The van der Waals surface area contributed by atoms with Crippen molar-refractivity contribution in [3.63, 3.8) is 0 Å². The molecule has 1 N–H and O–H groups in total. The lowest BCUT2D eigenvalue weighted by Crippen LogP contribution is -2.48. The highest BCUT2D eigenvalue weighted by Gasteiger charge is 2.40. The highest BCUT2D eigenvalue weighted by Crippen LogP contribution is 2.44. The smallest absolute Gasteiger partial charge is 0.213 e. The molecule has 1 saturated heterocycles. The molecule has 3 heteroatoms. The highest BCUT2D eigenvalue weighted by atomic mass is 16.2. The molecule has 0 aliphatic carbocycles. The number of nitrogens with zero attached hydrogens (tertiary/aromatic N) is 2. The van der Waals surface area contributed by atoms with Crippen molar-refractivity contribution in [2.75, 3.05) is 7.05 Å². The maximum Gasteiger partial charge on any atom is 0.213 e. The van der Waals surface area contributed by atoms with Crippen LogP contribution in [0, 0.1) is 0 Å². The lowest BCUT2D eigenvalue weighted by atomic mass is 9.78. The van der Waals surface area contributed by atoms with E-state index in [0.717, 1.165) is 42.7 Å². The van der Waals surface area contributed by atoms with Gasteiger partial charge in [-0.15, -0.1) is 0 Å². The fraction of sp³-hybridized carbons (Fsp3) is 0.320. The first-order valence-electron chi connectivity index (χ1n) is 10.2. The number of likely N-dealkylation sites (N-methyl/N-ethyl adjacent to an activating group) is 1. The lowest BCUT2D eigenvalue weighted by molar-refractivity contribution is -0.718. The predicted molar refractivity (Wildman–Crippen MR) is 114 cm³/mol. The first-order valence-corrected chi connectivity index (χ1v) is 10.2. The number of allylic oxidation sites excluding steroid dienone is 3. The summed E-state index contributed by atoms with van der Waals surface area (Å²) >= 11 is 0. The van der Waals surface area contributed by atoms with Gasteiger partial charge in [-0.05, 0) is 43.9 Å². The number of rotatable bonds is 0. The van der Waals surface area contributed by atoms with Gasteiger partial charge in [0.25, 0.3) is 0 Å². The Labute approximate surface area is 168 Å². The third-order valence-corrected chi connectivity index (χ3v) is 6.35. The molecular formula is C25H29N2O+. The van der Waals surface area contributed by atoms with Gasteiger partial charge in [-0.3, -0.25) is 0 Å². The third kappa shape index (κ3) is 3.05. The molecule has 2 aliphatic rings. The third-order valence-electron chi connectivity index (χ3n) is 6.35. The second kappa shape index (κ2) is 7.67. The molecule has 2 aliphatic heterocycles. The van der Waals surface area contributed by atoms with Crippen LogP contribution in [0.2, 0.25) is 0 Å². The van der Waals surface area contributed by atoms with Crippen LogP contribution in [0.5, 0.6) is 0 Å². The van der Waals surface area contributed by atoms with Crippen molar-refractivity contribution in [3.8, 4) is 11.3 Å². The van der Waals surface area contributed by atoms with Crippen LogP contribution in [0.25, 0.3) is 11.3 Å². The molecule has 0 bridgehead atoms. The zero-order chi connectivity index (χ0) is 19.7. The largest absolute Gasteiger partial charge is 0.515 e. The second-order valence-electron chi connectivity index (χ2n) is 7.80. The molecular weight excluding hydrogens is 344 g/mol. The minimum atomic E-state index is 0.346.